The average molecular weight is 500 g/mol. The molecule has 3 aromatic rings. The molecule has 0 bridgehead atoms. The van der Waals surface area contributed by atoms with E-state index in [4.69, 9.17) is 0 Å². The van der Waals surface area contributed by atoms with E-state index in [1.807, 2.05) is 30.3 Å². The van der Waals surface area contributed by atoms with Gasteiger partial charge < -0.3 is 5.32 Å². The highest BCUT2D eigenvalue weighted by Gasteiger charge is 2.28. The highest BCUT2D eigenvalue weighted by molar-refractivity contribution is 6.06. The first-order valence-corrected chi connectivity index (χ1v) is 12.8. The van der Waals surface area contributed by atoms with Crippen LogP contribution in [0.2, 0.25) is 0 Å². The predicted octanol–water partition coefficient (Wildman–Crippen LogP) is 5.12. The van der Waals surface area contributed by atoms with Crippen molar-refractivity contribution in [2.45, 2.75) is 70.3 Å². The van der Waals surface area contributed by atoms with Crippen LogP contribution in [0, 0.1) is 5.92 Å². The van der Waals surface area contributed by atoms with Gasteiger partial charge in [0.2, 0.25) is 0 Å². The summed E-state index contributed by atoms with van der Waals surface area (Å²) in [5, 5.41) is 8.52. The molecule has 36 heavy (non-hydrogen) atoms. The fraction of sp³-hybridized carbons (Fsp3) is 0.519. The van der Waals surface area contributed by atoms with E-state index in [0.717, 1.165) is 73.8 Å². The molecular formula is C27H32F3N5O. The minimum Gasteiger partial charge on any atom is -0.349 e. The molecule has 0 radical (unpaired) electrons. The zero-order valence-corrected chi connectivity index (χ0v) is 20.3. The summed E-state index contributed by atoms with van der Waals surface area (Å²) < 4.78 is 39.0. The maximum Gasteiger partial charge on any atom is 0.390 e. The molecule has 192 valence electrons. The number of rotatable bonds is 7. The topological polar surface area (TPSA) is 63.1 Å². The third-order valence-corrected chi connectivity index (χ3v) is 7.55. The Hall–Kier alpha value is -2.94. The van der Waals surface area contributed by atoms with Crippen LogP contribution < -0.4 is 5.32 Å². The first-order chi connectivity index (χ1) is 17.3. The zero-order chi connectivity index (χ0) is 25.1. The Morgan fingerprint density at radius 1 is 1.08 bits per heavy atom. The Bertz CT molecular complexity index is 1190. The quantitative estimate of drug-likeness (QED) is 0.490. The van der Waals surface area contributed by atoms with Gasteiger partial charge in [-0.25, -0.2) is 0 Å². The van der Waals surface area contributed by atoms with Crippen LogP contribution in [0.1, 0.15) is 60.1 Å². The molecule has 9 heteroatoms. The van der Waals surface area contributed by atoms with Gasteiger partial charge in [-0.05, 0) is 74.8 Å². The van der Waals surface area contributed by atoms with E-state index in [9.17, 15) is 18.0 Å². The van der Waals surface area contributed by atoms with Crippen molar-refractivity contribution in [1.29, 1.82) is 0 Å². The summed E-state index contributed by atoms with van der Waals surface area (Å²) in [6.45, 7) is 2.48. The smallest absolute Gasteiger partial charge is 0.349 e. The number of carbonyl (C=O) groups excluding carboxylic acids is 1. The Labute approximate surface area is 208 Å². The van der Waals surface area contributed by atoms with Crippen LogP contribution in [0.4, 0.5) is 13.2 Å². The Kier molecular flexibility index (Phi) is 7.27. The van der Waals surface area contributed by atoms with Gasteiger partial charge in [0.15, 0.2) is 0 Å². The number of benzene rings is 1. The fourth-order valence-electron chi connectivity index (χ4n) is 5.49. The number of hydrogen-bond donors (Lipinski definition) is 1. The molecular weight excluding hydrogens is 467 g/mol. The number of nitrogens with one attached hydrogen (secondary N) is 1. The molecule has 1 aromatic carbocycles. The highest BCUT2D eigenvalue weighted by atomic mass is 19.4. The molecule has 2 aliphatic rings. The summed E-state index contributed by atoms with van der Waals surface area (Å²) in [6.07, 6.45) is 4.58. The number of pyridine rings is 1. The van der Waals surface area contributed by atoms with Crippen LogP contribution in [-0.4, -0.2) is 50.9 Å². The number of hydrogen-bond acceptors (Lipinski definition) is 4. The van der Waals surface area contributed by atoms with Crippen LogP contribution in [0.5, 0.6) is 0 Å². The van der Waals surface area contributed by atoms with Crippen LogP contribution in [0.15, 0.2) is 42.7 Å². The van der Waals surface area contributed by atoms with E-state index in [1.54, 1.807) is 12.4 Å². The van der Waals surface area contributed by atoms with Gasteiger partial charge in [-0.15, -0.1) is 0 Å². The first-order valence-electron chi connectivity index (χ1n) is 12.8. The first kappa shape index (κ1) is 24.7. The molecule has 1 aliphatic heterocycles. The van der Waals surface area contributed by atoms with Gasteiger partial charge in [-0.2, -0.15) is 18.3 Å². The zero-order valence-electron chi connectivity index (χ0n) is 20.3. The Balaban J connectivity index is 1.06. The van der Waals surface area contributed by atoms with Gasteiger partial charge in [0.1, 0.15) is 0 Å². The molecule has 0 atom stereocenters. The summed E-state index contributed by atoms with van der Waals surface area (Å²) in [6, 6.07) is 9.63. The molecule has 1 aliphatic carbocycles. The van der Waals surface area contributed by atoms with Crippen molar-refractivity contribution in [1.82, 2.24) is 25.0 Å². The standard InChI is InChI=1S/C27H32F3N5O/c28-27(29,30)12-16-35-17-20-11-15-34(18-25(20)33-35)14-10-19-6-8-21(9-7-19)32-26(36)23-3-1-5-24-22(23)4-2-13-31-24/h1-5,13,17,19,21H,6-12,14-16,18H2,(H,32,36). The molecule has 1 N–H and O–H groups in total. The normalized spacial score (nSPS) is 20.9. The number of alkyl halides is 3. The van der Waals surface area contributed by atoms with Crippen LogP contribution in [0.3, 0.4) is 0 Å². The van der Waals surface area contributed by atoms with Crippen LogP contribution in [0.25, 0.3) is 10.9 Å². The van der Waals surface area contributed by atoms with Gasteiger partial charge in [-0.3, -0.25) is 19.4 Å². The lowest BCUT2D eigenvalue weighted by Gasteiger charge is -2.32. The molecule has 1 amide bonds. The summed E-state index contributed by atoms with van der Waals surface area (Å²) in [7, 11) is 0. The van der Waals surface area contributed by atoms with Gasteiger partial charge in [0.25, 0.3) is 5.91 Å². The van der Waals surface area contributed by atoms with E-state index in [0.29, 0.717) is 18.0 Å². The Morgan fingerprint density at radius 3 is 2.72 bits per heavy atom. The highest BCUT2D eigenvalue weighted by Crippen LogP contribution is 2.29. The molecule has 0 unspecified atom stereocenters. The van der Waals surface area contributed by atoms with Crippen molar-refractivity contribution < 1.29 is 18.0 Å². The van der Waals surface area contributed by atoms with Crippen molar-refractivity contribution in [3.8, 4) is 0 Å². The van der Waals surface area contributed by atoms with Crippen LogP contribution in [-0.2, 0) is 19.5 Å². The number of fused-ring (bicyclic) bond motifs is 2. The Morgan fingerprint density at radius 2 is 1.92 bits per heavy atom. The van der Waals surface area contributed by atoms with E-state index < -0.39 is 12.6 Å². The lowest BCUT2D eigenvalue weighted by atomic mass is 9.84. The summed E-state index contributed by atoms with van der Waals surface area (Å²) >= 11 is 0. The largest absolute Gasteiger partial charge is 0.390 e. The molecule has 0 saturated heterocycles. The third-order valence-electron chi connectivity index (χ3n) is 7.55. The van der Waals surface area contributed by atoms with E-state index >= 15 is 0 Å². The summed E-state index contributed by atoms with van der Waals surface area (Å²) in [5.74, 6) is 0.599. The maximum atomic E-state index is 12.9. The summed E-state index contributed by atoms with van der Waals surface area (Å²) in [5.41, 5.74) is 3.49. The van der Waals surface area contributed by atoms with Crippen LogP contribution >= 0.6 is 0 Å². The number of amides is 1. The molecule has 1 fully saturated rings. The van der Waals surface area contributed by atoms with E-state index in [1.165, 1.54) is 4.68 Å². The molecule has 6 nitrogen and oxygen atoms in total. The second-order valence-corrected chi connectivity index (χ2v) is 10.1. The number of aryl methyl sites for hydroxylation is 1. The second-order valence-electron chi connectivity index (χ2n) is 10.1. The fourth-order valence-corrected chi connectivity index (χ4v) is 5.49. The minimum atomic E-state index is -4.16. The number of nitrogens with zero attached hydrogens (tertiary/aromatic N) is 4. The van der Waals surface area contributed by atoms with Crippen molar-refractivity contribution in [2.24, 2.45) is 5.92 Å². The predicted molar refractivity (Wildman–Crippen MR) is 131 cm³/mol. The van der Waals surface area contributed by atoms with Gasteiger partial charge >= 0.3 is 6.18 Å². The third kappa shape index (κ3) is 6.06. The molecule has 1 saturated carbocycles. The van der Waals surface area contributed by atoms with Crippen molar-refractivity contribution in [3.63, 3.8) is 0 Å². The van der Waals surface area contributed by atoms with Crippen molar-refractivity contribution in [3.05, 3.63) is 59.5 Å². The molecule has 0 spiro atoms. The van der Waals surface area contributed by atoms with E-state index in [2.05, 4.69) is 20.3 Å². The lowest BCUT2D eigenvalue weighted by Crippen LogP contribution is -2.38. The number of aromatic nitrogens is 3. The number of carbonyl (C=O) groups is 1. The van der Waals surface area contributed by atoms with Gasteiger partial charge in [0.05, 0.1) is 17.6 Å². The second kappa shape index (κ2) is 10.6. The number of halogens is 3. The average Bonchev–Trinajstić information content (AvgIpc) is 3.29. The van der Waals surface area contributed by atoms with Gasteiger partial charge in [-0.1, -0.05) is 12.1 Å². The van der Waals surface area contributed by atoms with E-state index in [-0.39, 0.29) is 18.5 Å². The molecule has 5 rings (SSSR count). The van der Waals surface area contributed by atoms with Gasteiger partial charge in [0, 0.05) is 49.0 Å². The maximum absolute atomic E-state index is 12.9. The summed E-state index contributed by atoms with van der Waals surface area (Å²) in [4.78, 5) is 19.6. The molecule has 2 aromatic heterocycles. The van der Waals surface area contributed by atoms with Crippen molar-refractivity contribution >= 4 is 16.8 Å². The van der Waals surface area contributed by atoms with Crippen molar-refractivity contribution in [2.75, 3.05) is 13.1 Å². The SMILES string of the molecule is O=C(NC1CCC(CCN2CCc3cn(CCC(F)(F)F)nc3C2)CC1)c1cccc2ncccc12. The lowest BCUT2D eigenvalue weighted by molar-refractivity contribution is -0.137. The minimum absolute atomic E-state index is 0.0316. The monoisotopic (exact) mass is 499 g/mol. The molecule has 3 heterocycles.